The standard InChI is InChI=1S/C24H26O3/c1-3-26-22-12-5-8-18(16-22)14-20-10-7-11-21(24(20)25)15-19-9-6-13-23(17-19)27-4-2/h5-6,8-9,12-17H,3-4,7,10-11H2,1-2H3. The maximum atomic E-state index is 13.0. The van der Waals surface area contributed by atoms with Gasteiger partial charge in [-0.15, -0.1) is 0 Å². The van der Waals surface area contributed by atoms with E-state index in [-0.39, 0.29) is 5.78 Å². The first-order chi connectivity index (χ1) is 13.2. The van der Waals surface area contributed by atoms with Gasteiger partial charge < -0.3 is 9.47 Å². The Labute approximate surface area is 161 Å². The summed E-state index contributed by atoms with van der Waals surface area (Å²) in [5, 5.41) is 0. The van der Waals surface area contributed by atoms with E-state index in [1.807, 2.05) is 74.5 Å². The van der Waals surface area contributed by atoms with Crippen LogP contribution in [-0.2, 0) is 4.79 Å². The minimum Gasteiger partial charge on any atom is -0.494 e. The molecule has 3 rings (SSSR count). The first kappa shape index (κ1) is 19.0. The van der Waals surface area contributed by atoms with Crippen LogP contribution in [0.1, 0.15) is 44.2 Å². The first-order valence-electron chi connectivity index (χ1n) is 9.61. The summed E-state index contributed by atoms with van der Waals surface area (Å²) < 4.78 is 11.1. The molecule has 1 fully saturated rings. The third-order valence-corrected chi connectivity index (χ3v) is 4.50. The van der Waals surface area contributed by atoms with Crippen molar-refractivity contribution in [3.8, 4) is 11.5 Å². The van der Waals surface area contributed by atoms with Crippen molar-refractivity contribution in [3.05, 3.63) is 70.8 Å². The summed E-state index contributed by atoms with van der Waals surface area (Å²) in [5.74, 6) is 1.81. The predicted molar refractivity (Wildman–Crippen MR) is 110 cm³/mol. The number of carbonyl (C=O) groups excluding carboxylic acids is 1. The Bertz CT molecular complexity index is 792. The Morgan fingerprint density at radius 3 is 1.74 bits per heavy atom. The van der Waals surface area contributed by atoms with E-state index in [1.165, 1.54) is 0 Å². The van der Waals surface area contributed by atoms with Crippen LogP contribution in [0.2, 0.25) is 0 Å². The molecule has 0 unspecified atom stereocenters. The van der Waals surface area contributed by atoms with Crippen LogP contribution in [0, 0.1) is 0 Å². The second-order valence-electron chi connectivity index (χ2n) is 6.53. The largest absolute Gasteiger partial charge is 0.494 e. The molecule has 27 heavy (non-hydrogen) atoms. The van der Waals surface area contributed by atoms with Gasteiger partial charge in [0.05, 0.1) is 13.2 Å². The Morgan fingerprint density at radius 2 is 1.30 bits per heavy atom. The lowest BCUT2D eigenvalue weighted by molar-refractivity contribution is -0.112. The van der Waals surface area contributed by atoms with Crippen LogP contribution in [0.3, 0.4) is 0 Å². The SMILES string of the molecule is CCOc1cccc(C=C2CCCC(=Cc3cccc(OCC)c3)C2=O)c1. The van der Waals surface area contributed by atoms with Crippen LogP contribution >= 0.6 is 0 Å². The minimum absolute atomic E-state index is 0.143. The molecular formula is C24H26O3. The summed E-state index contributed by atoms with van der Waals surface area (Å²) in [6, 6.07) is 15.8. The summed E-state index contributed by atoms with van der Waals surface area (Å²) in [5.41, 5.74) is 3.73. The van der Waals surface area contributed by atoms with Gasteiger partial charge in [-0.3, -0.25) is 4.79 Å². The second-order valence-corrected chi connectivity index (χ2v) is 6.53. The number of Topliss-reactive ketones (excluding diaryl/α,β-unsaturated/α-hetero) is 1. The molecule has 0 aromatic heterocycles. The number of allylic oxidation sites excluding steroid dienone is 2. The van der Waals surface area contributed by atoms with E-state index < -0.39 is 0 Å². The zero-order chi connectivity index (χ0) is 19.1. The van der Waals surface area contributed by atoms with Gasteiger partial charge in [0, 0.05) is 11.1 Å². The van der Waals surface area contributed by atoms with Crippen molar-refractivity contribution in [2.45, 2.75) is 33.1 Å². The summed E-state index contributed by atoms with van der Waals surface area (Å²) in [7, 11) is 0. The molecule has 3 nitrogen and oxygen atoms in total. The van der Waals surface area contributed by atoms with Crippen LogP contribution < -0.4 is 9.47 Å². The molecule has 0 bridgehead atoms. The lowest BCUT2D eigenvalue weighted by atomic mass is 9.87. The highest BCUT2D eigenvalue weighted by molar-refractivity contribution is 6.14. The minimum atomic E-state index is 0.143. The molecule has 0 amide bonds. The Morgan fingerprint density at radius 1 is 0.815 bits per heavy atom. The molecule has 2 aromatic rings. The van der Waals surface area contributed by atoms with Crippen LogP contribution in [0.5, 0.6) is 11.5 Å². The molecule has 1 aliphatic carbocycles. The van der Waals surface area contributed by atoms with E-state index in [1.54, 1.807) is 0 Å². The van der Waals surface area contributed by atoms with Gasteiger partial charge in [0.2, 0.25) is 0 Å². The highest BCUT2D eigenvalue weighted by Crippen LogP contribution is 2.29. The normalized spacial score (nSPS) is 17.3. The highest BCUT2D eigenvalue weighted by Gasteiger charge is 2.20. The van der Waals surface area contributed by atoms with Gasteiger partial charge in [-0.1, -0.05) is 24.3 Å². The molecule has 0 aliphatic heterocycles. The monoisotopic (exact) mass is 362 g/mol. The van der Waals surface area contributed by atoms with Gasteiger partial charge in [-0.05, 0) is 80.7 Å². The average molecular weight is 362 g/mol. The average Bonchev–Trinajstić information content (AvgIpc) is 2.66. The molecule has 0 N–H and O–H groups in total. The first-order valence-corrected chi connectivity index (χ1v) is 9.61. The smallest absolute Gasteiger partial charge is 0.185 e. The molecule has 0 spiro atoms. The molecular weight excluding hydrogens is 336 g/mol. The van der Waals surface area contributed by atoms with Gasteiger partial charge >= 0.3 is 0 Å². The molecule has 2 aromatic carbocycles. The van der Waals surface area contributed by atoms with Gasteiger partial charge in [-0.25, -0.2) is 0 Å². The fourth-order valence-corrected chi connectivity index (χ4v) is 3.30. The van der Waals surface area contributed by atoms with Gasteiger partial charge in [0.25, 0.3) is 0 Å². The maximum Gasteiger partial charge on any atom is 0.185 e. The lowest BCUT2D eigenvalue weighted by Gasteiger charge is -2.17. The molecule has 0 heterocycles. The van der Waals surface area contributed by atoms with Crippen LogP contribution in [0.15, 0.2) is 59.7 Å². The second kappa shape index (κ2) is 9.22. The third-order valence-electron chi connectivity index (χ3n) is 4.50. The molecule has 3 heteroatoms. The van der Waals surface area contributed by atoms with E-state index >= 15 is 0 Å². The number of hydrogen-bond acceptors (Lipinski definition) is 3. The summed E-state index contributed by atoms with van der Waals surface area (Å²) in [6.45, 7) is 5.19. The zero-order valence-corrected chi connectivity index (χ0v) is 16.0. The van der Waals surface area contributed by atoms with E-state index in [4.69, 9.17) is 9.47 Å². The number of hydrogen-bond donors (Lipinski definition) is 0. The zero-order valence-electron chi connectivity index (χ0n) is 16.0. The number of benzene rings is 2. The maximum absolute atomic E-state index is 13.0. The fourth-order valence-electron chi connectivity index (χ4n) is 3.30. The Hall–Kier alpha value is -2.81. The Kier molecular flexibility index (Phi) is 6.48. The number of carbonyl (C=O) groups is 1. The van der Waals surface area contributed by atoms with E-state index in [0.717, 1.165) is 53.0 Å². The quantitative estimate of drug-likeness (QED) is 0.618. The van der Waals surface area contributed by atoms with Crippen molar-refractivity contribution in [1.29, 1.82) is 0 Å². The third kappa shape index (κ3) is 5.10. The number of ketones is 1. The van der Waals surface area contributed by atoms with E-state index in [0.29, 0.717) is 13.2 Å². The van der Waals surface area contributed by atoms with Crippen molar-refractivity contribution in [1.82, 2.24) is 0 Å². The summed E-state index contributed by atoms with van der Waals surface area (Å²) in [6.07, 6.45) is 6.60. The van der Waals surface area contributed by atoms with Gasteiger partial charge in [0.15, 0.2) is 5.78 Å². The van der Waals surface area contributed by atoms with Crippen LogP contribution in [0.25, 0.3) is 12.2 Å². The highest BCUT2D eigenvalue weighted by atomic mass is 16.5. The predicted octanol–water partition coefficient (Wildman–Crippen LogP) is 5.70. The van der Waals surface area contributed by atoms with E-state index in [2.05, 4.69) is 0 Å². The molecule has 140 valence electrons. The Balaban J connectivity index is 1.83. The van der Waals surface area contributed by atoms with Crippen LogP contribution in [-0.4, -0.2) is 19.0 Å². The fraction of sp³-hybridized carbons (Fsp3) is 0.292. The molecule has 1 saturated carbocycles. The number of rotatable bonds is 6. The van der Waals surface area contributed by atoms with Crippen LogP contribution in [0.4, 0.5) is 0 Å². The molecule has 0 atom stereocenters. The van der Waals surface area contributed by atoms with Crippen molar-refractivity contribution >= 4 is 17.9 Å². The van der Waals surface area contributed by atoms with E-state index in [9.17, 15) is 4.79 Å². The molecule has 1 aliphatic rings. The van der Waals surface area contributed by atoms with Gasteiger partial charge in [0.1, 0.15) is 11.5 Å². The van der Waals surface area contributed by atoms with Crippen molar-refractivity contribution in [2.75, 3.05) is 13.2 Å². The number of ether oxygens (including phenoxy) is 2. The van der Waals surface area contributed by atoms with Gasteiger partial charge in [-0.2, -0.15) is 0 Å². The lowest BCUT2D eigenvalue weighted by Crippen LogP contribution is -2.12. The molecule has 0 radical (unpaired) electrons. The summed E-state index contributed by atoms with van der Waals surface area (Å²) in [4.78, 5) is 13.0. The van der Waals surface area contributed by atoms with Crippen molar-refractivity contribution in [3.63, 3.8) is 0 Å². The topological polar surface area (TPSA) is 35.5 Å². The molecule has 0 saturated heterocycles. The van der Waals surface area contributed by atoms with Crippen molar-refractivity contribution in [2.24, 2.45) is 0 Å². The summed E-state index contributed by atoms with van der Waals surface area (Å²) >= 11 is 0. The van der Waals surface area contributed by atoms with Crippen molar-refractivity contribution < 1.29 is 14.3 Å².